The van der Waals surface area contributed by atoms with E-state index in [4.69, 9.17) is 11.6 Å². The highest BCUT2D eigenvalue weighted by Gasteiger charge is 2.20. The third kappa shape index (κ3) is 8.11. The lowest BCUT2D eigenvalue weighted by molar-refractivity contribution is -0.116. The molecule has 13 nitrogen and oxygen atoms in total. The van der Waals surface area contributed by atoms with Crippen LogP contribution in [-0.2, 0) is 27.9 Å². The zero-order chi connectivity index (χ0) is 31.9. The van der Waals surface area contributed by atoms with Gasteiger partial charge in [-0.25, -0.2) is 13.4 Å². The highest BCUT2D eigenvalue weighted by molar-refractivity contribution is 7.92. The lowest BCUT2D eigenvalue weighted by Crippen LogP contribution is -2.38. The quantitative estimate of drug-likeness (QED) is 0.0736. The summed E-state index contributed by atoms with van der Waals surface area (Å²) in [6.07, 6.45) is 3.76. The molecule has 0 spiro atoms. The van der Waals surface area contributed by atoms with E-state index >= 15 is 0 Å². The number of carbonyl (C=O) groups is 1. The Morgan fingerprint density at radius 2 is 1.66 bits per heavy atom. The molecule has 0 atom stereocenters. The second kappa shape index (κ2) is 14.0. The van der Waals surface area contributed by atoms with Gasteiger partial charge in [-0.2, -0.15) is 4.98 Å². The fourth-order valence-corrected chi connectivity index (χ4v) is 4.65. The molecule has 0 saturated heterocycles. The minimum atomic E-state index is -3.39. The summed E-state index contributed by atoms with van der Waals surface area (Å²) < 4.78 is 24.9. The number of nitrogens with one attached hydrogen (secondary N) is 5. The van der Waals surface area contributed by atoms with Crippen LogP contribution in [0.2, 0.25) is 5.02 Å². The van der Waals surface area contributed by atoms with Crippen molar-refractivity contribution in [3.63, 3.8) is 0 Å². The van der Waals surface area contributed by atoms with Gasteiger partial charge in [-0.15, -0.1) is 0 Å². The minimum absolute atomic E-state index is 0.194. The molecule has 1 aromatic heterocycles. The third-order valence-corrected chi connectivity index (χ3v) is 7.96. The number of aromatic nitrogens is 2. The number of benzene rings is 2. The van der Waals surface area contributed by atoms with Crippen LogP contribution in [0.1, 0.15) is 11.1 Å². The number of carbonyl (C=O) groups excluding carboxylic acids is 1. The molecule has 0 saturated carbocycles. The average Bonchev–Trinajstić information content (AvgIpc) is 3.01. The molecule has 1 heterocycles. The molecule has 15 heteroatoms. The lowest BCUT2D eigenvalue weighted by Gasteiger charge is -2.17. The monoisotopic (exact) mass is 638 g/mol. The molecule has 230 valence electrons. The summed E-state index contributed by atoms with van der Waals surface area (Å²) >= 11 is 6.31. The van der Waals surface area contributed by atoms with Gasteiger partial charge in [0.2, 0.25) is 21.9 Å². The van der Waals surface area contributed by atoms with Crippen molar-refractivity contribution in [2.24, 2.45) is 0 Å². The van der Waals surface area contributed by atoms with Crippen molar-refractivity contribution in [3.05, 3.63) is 104 Å². The van der Waals surface area contributed by atoms with Crippen molar-refractivity contribution in [2.75, 3.05) is 52.0 Å². The second-order valence-electron chi connectivity index (χ2n) is 9.65. The van der Waals surface area contributed by atoms with Gasteiger partial charge in [-0.05, 0) is 41.5 Å². The molecular formula is C29H31ClN8O5S. The summed E-state index contributed by atoms with van der Waals surface area (Å²) in [5.41, 5.74) is 2.12. The highest BCUT2D eigenvalue weighted by atomic mass is 35.5. The van der Waals surface area contributed by atoms with Crippen LogP contribution < -0.4 is 41.7 Å². The first-order valence-corrected chi connectivity index (χ1v) is 15.6. The summed E-state index contributed by atoms with van der Waals surface area (Å²) in [7, 11) is -1.90. The number of amides is 1. The zero-order valence-corrected chi connectivity index (χ0v) is 25.6. The Labute approximate surface area is 259 Å². The van der Waals surface area contributed by atoms with Crippen molar-refractivity contribution in [3.8, 4) is 0 Å². The Morgan fingerprint density at radius 3 is 2.34 bits per heavy atom. The molecule has 4 aromatic rings. The van der Waals surface area contributed by atoms with Gasteiger partial charge in [0.25, 0.3) is 10.9 Å². The highest BCUT2D eigenvalue weighted by Crippen LogP contribution is 2.24. The number of rotatable bonds is 15. The largest absolute Gasteiger partial charge is 0.378 e. The Hall–Kier alpha value is -4.95. The minimum Gasteiger partial charge on any atom is -0.378 e. The molecule has 0 aliphatic rings. The maximum absolute atomic E-state index is 12.0. The van der Waals surface area contributed by atoms with Crippen molar-refractivity contribution in [1.82, 2.24) is 15.3 Å². The van der Waals surface area contributed by atoms with Crippen LogP contribution in [0.5, 0.6) is 0 Å². The van der Waals surface area contributed by atoms with Gasteiger partial charge in [0, 0.05) is 38.9 Å². The van der Waals surface area contributed by atoms with E-state index in [2.05, 4.69) is 43.1 Å². The fraction of sp³-hybridized carbons (Fsp3) is 0.207. The van der Waals surface area contributed by atoms with Crippen molar-refractivity contribution < 1.29 is 13.2 Å². The van der Waals surface area contributed by atoms with E-state index in [0.717, 1.165) is 23.5 Å². The standard InChI is InChI=1S/C29H31ClN8O5S/c1-4-23(39)31-12-13-32-24-25(27(41)26(24)40)33-15-18-8-10-20(11-9-18)36-29-35-17-22(30)28(37-29)34-16-19-6-5-7-21(14-19)38(2)44(3,42)43/h4-11,14,17,32-33H,1,12-13,15-16H2,2-3H3,(H,31,39)(H2,34,35,36,37). The van der Waals surface area contributed by atoms with Crippen molar-refractivity contribution in [1.29, 1.82) is 0 Å². The molecule has 4 rings (SSSR count). The molecule has 0 bridgehead atoms. The van der Waals surface area contributed by atoms with Gasteiger partial charge in [-0.1, -0.05) is 42.4 Å². The van der Waals surface area contributed by atoms with Crippen molar-refractivity contribution >= 4 is 62.0 Å². The summed E-state index contributed by atoms with van der Waals surface area (Å²) in [5.74, 6) is 0.372. The van der Waals surface area contributed by atoms with Gasteiger partial charge in [0.15, 0.2) is 5.82 Å². The molecule has 0 radical (unpaired) electrons. The Balaban J connectivity index is 1.32. The smallest absolute Gasteiger partial charge is 0.253 e. The van der Waals surface area contributed by atoms with Crippen LogP contribution in [0.4, 0.5) is 34.5 Å². The van der Waals surface area contributed by atoms with E-state index < -0.39 is 20.9 Å². The lowest BCUT2D eigenvalue weighted by atomic mass is 10.1. The van der Waals surface area contributed by atoms with Crippen LogP contribution in [0.15, 0.2) is 77.0 Å². The van der Waals surface area contributed by atoms with Gasteiger partial charge in [0.05, 0.1) is 18.1 Å². The average molecular weight is 639 g/mol. The number of nitrogens with zero attached hydrogens (tertiary/aromatic N) is 3. The van der Waals surface area contributed by atoms with Crippen molar-refractivity contribution in [2.45, 2.75) is 13.1 Å². The Morgan fingerprint density at radius 1 is 0.977 bits per heavy atom. The first-order valence-electron chi connectivity index (χ1n) is 13.3. The molecule has 44 heavy (non-hydrogen) atoms. The van der Waals surface area contributed by atoms with Crippen LogP contribution in [0, 0.1) is 0 Å². The third-order valence-electron chi connectivity index (χ3n) is 6.48. The topological polar surface area (TPSA) is 175 Å². The molecule has 0 unspecified atom stereocenters. The van der Waals surface area contributed by atoms with Crippen LogP contribution in [-0.4, -0.2) is 50.7 Å². The van der Waals surface area contributed by atoms with E-state index in [1.807, 2.05) is 30.3 Å². The van der Waals surface area contributed by atoms with Gasteiger partial charge < -0.3 is 26.6 Å². The van der Waals surface area contributed by atoms with E-state index in [-0.39, 0.29) is 30.4 Å². The number of sulfonamides is 1. The second-order valence-corrected chi connectivity index (χ2v) is 12.1. The first-order chi connectivity index (χ1) is 21.0. The van der Waals surface area contributed by atoms with Gasteiger partial charge in [0.1, 0.15) is 16.4 Å². The molecule has 0 aliphatic carbocycles. The fourth-order valence-electron chi connectivity index (χ4n) is 3.99. The SMILES string of the molecule is C=CC(=O)NCCNc1c(NCc2ccc(Nc3ncc(Cl)c(NCc4cccc(N(C)S(C)(=O)=O)c4)n3)cc2)c(=O)c1=O. The summed E-state index contributed by atoms with van der Waals surface area (Å²) in [6.45, 7) is 4.56. The molecule has 1 amide bonds. The number of anilines is 6. The normalized spacial score (nSPS) is 11.1. The van der Waals surface area contributed by atoms with E-state index in [0.29, 0.717) is 41.3 Å². The first kappa shape index (κ1) is 32.0. The summed E-state index contributed by atoms with van der Waals surface area (Å²) in [6, 6.07) is 14.4. The predicted molar refractivity (Wildman–Crippen MR) is 174 cm³/mol. The molecule has 5 N–H and O–H groups in total. The van der Waals surface area contributed by atoms with Crippen LogP contribution >= 0.6 is 11.6 Å². The predicted octanol–water partition coefficient (Wildman–Crippen LogP) is 2.80. The Bertz CT molecular complexity index is 1840. The van der Waals surface area contributed by atoms with Gasteiger partial charge >= 0.3 is 0 Å². The maximum Gasteiger partial charge on any atom is 0.253 e. The molecule has 0 aliphatic heterocycles. The van der Waals surface area contributed by atoms with Crippen LogP contribution in [0.25, 0.3) is 0 Å². The Kier molecular flexibility index (Phi) is 10.2. The maximum atomic E-state index is 12.0. The number of halogens is 1. The molecule has 3 aromatic carbocycles. The molecular weight excluding hydrogens is 608 g/mol. The molecule has 0 fully saturated rings. The summed E-state index contributed by atoms with van der Waals surface area (Å²) in [4.78, 5) is 43.9. The summed E-state index contributed by atoms with van der Waals surface area (Å²) in [5, 5.41) is 15.0. The zero-order valence-electron chi connectivity index (χ0n) is 24.0. The van der Waals surface area contributed by atoms with E-state index in [1.165, 1.54) is 17.5 Å². The van der Waals surface area contributed by atoms with E-state index in [9.17, 15) is 22.8 Å². The van der Waals surface area contributed by atoms with Gasteiger partial charge in [-0.3, -0.25) is 18.7 Å². The van der Waals surface area contributed by atoms with Crippen LogP contribution in [0.3, 0.4) is 0 Å². The number of hydrogen-bond donors (Lipinski definition) is 5. The number of hydrogen-bond acceptors (Lipinski definition) is 11. The van der Waals surface area contributed by atoms with E-state index in [1.54, 1.807) is 18.2 Å².